The second-order valence-corrected chi connectivity index (χ2v) is 4.57. The molecule has 1 aromatic carbocycles. The monoisotopic (exact) mass is 213 g/mol. The standard InChI is InChI=1S/C13H16BNO/c1-10-4-2-5-11(8-10)13(16)12-6-3-7-15(14)9-12/h2,4-5,8,12H,3,6-7,9H2,1H3/t12-/m1/s1. The molecule has 0 saturated carbocycles. The quantitative estimate of drug-likeness (QED) is 0.553. The molecule has 2 nitrogen and oxygen atoms in total. The van der Waals surface area contributed by atoms with Gasteiger partial charge >= 0.3 is 0 Å². The van der Waals surface area contributed by atoms with Gasteiger partial charge in [0.15, 0.2) is 13.8 Å². The lowest BCUT2D eigenvalue weighted by atomic mass is 9.88. The van der Waals surface area contributed by atoms with E-state index in [-0.39, 0.29) is 11.7 Å². The largest absolute Gasteiger partial charge is 0.353 e. The number of carbonyl (C=O) groups excluding carboxylic acids is 1. The number of piperidine rings is 1. The summed E-state index contributed by atoms with van der Waals surface area (Å²) in [5.41, 5.74) is 1.95. The molecule has 82 valence electrons. The van der Waals surface area contributed by atoms with Crippen molar-refractivity contribution in [1.29, 1.82) is 0 Å². The number of aryl methyl sites for hydroxylation is 1. The highest BCUT2D eigenvalue weighted by Crippen LogP contribution is 2.20. The summed E-state index contributed by atoms with van der Waals surface area (Å²) in [6, 6.07) is 7.79. The Labute approximate surface area is 98.1 Å². The molecule has 1 aliphatic rings. The van der Waals surface area contributed by atoms with Gasteiger partial charge in [-0.1, -0.05) is 23.8 Å². The van der Waals surface area contributed by atoms with E-state index in [1.165, 1.54) is 0 Å². The lowest BCUT2D eigenvalue weighted by Crippen LogP contribution is -2.37. The van der Waals surface area contributed by atoms with Gasteiger partial charge in [0.25, 0.3) is 0 Å². The predicted molar refractivity (Wildman–Crippen MR) is 65.6 cm³/mol. The van der Waals surface area contributed by atoms with E-state index in [2.05, 4.69) is 0 Å². The zero-order valence-corrected chi connectivity index (χ0v) is 9.65. The number of hydrogen-bond acceptors (Lipinski definition) is 2. The molecule has 0 unspecified atom stereocenters. The maximum atomic E-state index is 12.2. The minimum absolute atomic E-state index is 0.0700. The van der Waals surface area contributed by atoms with Gasteiger partial charge in [0, 0.05) is 11.5 Å². The first-order valence-electron chi connectivity index (χ1n) is 5.77. The molecular formula is C13H16BNO. The molecule has 0 bridgehead atoms. The normalized spacial score (nSPS) is 21.9. The third-order valence-electron chi connectivity index (χ3n) is 3.13. The summed E-state index contributed by atoms with van der Waals surface area (Å²) in [4.78, 5) is 14.0. The molecule has 0 amide bonds. The number of rotatable bonds is 2. The van der Waals surface area contributed by atoms with Crippen LogP contribution in [0, 0.1) is 12.8 Å². The fourth-order valence-corrected chi connectivity index (χ4v) is 2.25. The van der Waals surface area contributed by atoms with Gasteiger partial charge in [-0.3, -0.25) is 4.79 Å². The zero-order valence-electron chi connectivity index (χ0n) is 9.65. The van der Waals surface area contributed by atoms with Crippen LogP contribution >= 0.6 is 0 Å². The highest BCUT2D eigenvalue weighted by molar-refractivity contribution is 6.05. The first kappa shape index (κ1) is 11.4. The number of Topliss-reactive ketones (excluding diaryl/α,β-unsaturated/α-hetero) is 1. The smallest absolute Gasteiger partial charge is 0.182 e. The molecule has 1 fully saturated rings. The molecule has 3 heteroatoms. The van der Waals surface area contributed by atoms with Crippen molar-refractivity contribution in [2.75, 3.05) is 13.1 Å². The van der Waals surface area contributed by atoms with Crippen LogP contribution in [-0.4, -0.2) is 31.7 Å². The fraction of sp³-hybridized carbons (Fsp3) is 0.462. The number of benzene rings is 1. The van der Waals surface area contributed by atoms with Crippen molar-refractivity contribution in [3.63, 3.8) is 0 Å². The van der Waals surface area contributed by atoms with Gasteiger partial charge in [-0.15, -0.1) is 0 Å². The fourth-order valence-electron chi connectivity index (χ4n) is 2.25. The molecule has 0 spiro atoms. The van der Waals surface area contributed by atoms with E-state index < -0.39 is 0 Å². The molecule has 0 aromatic heterocycles. The predicted octanol–water partition coefficient (Wildman–Crippen LogP) is 1.97. The highest BCUT2D eigenvalue weighted by Gasteiger charge is 2.24. The van der Waals surface area contributed by atoms with E-state index in [1.807, 2.05) is 31.2 Å². The van der Waals surface area contributed by atoms with E-state index >= 15 is 0 Å². The van der Waals surface area contributed by atoms with Crippen LogP contribution in [0.1, 0.15) is 28.8 Å². The average Bonchev–Trinajstić information content (AvgIpc) is 2.28. The maximum absolute atomic E-state index is 12.2. The van der Waals surface area contributed by atoms with Crippen molar-refractivity contribution in [3.8, 4) is 0 Å². The second kappa shape index (κ2) is 4.83. The van der Waals surface area contributed by atoms with Gasteiger partial charge in [-0.05, 0) is 38.9 Å². The Morgan fingerprint density at radius 2 is 2.31 bits per heavy atom. The number of hydrogen-bond donors (Lipinski definition) is 0. The van der Waals surface area contributed by atoms with Gasteiger partial charge in [-0.2, -0.15) is 0 Å². The minimum Gasteiger partial charge on any atom is -0.353 e. The van der Waals surface area contributed by atoms with E-state index in [4.69, 9.17) is 7.98 Å². The molecule has 1 saturated heterocycles. The minimum atomic E-state index is 0.0700. The summed E-state index contributed by atoms with van der Waals surface area (Å²) < 4.78 is 0. The highest BCUT2D eigenvalue weighted by atomic mass is 16.1. The summed E-state index contributed by atoms with van der Waals surface area (Å²) >= 11 is 0. The van der Waals surface area contributed by atoms with Crippen LogP contribution in [0.15, 0.2) is 24.3 Å². The van der Waals surface area contributed by atoms with Gasteiger partial charge < -0.3 is 4.81 Å². The summed E-state index contributed by atoms with van der Waals surface area (Å²) in [6.45, 7) is 3.59. The van der Waals surface area contributed by atoms with E-state index in [0.717, 1.165) is 30.5 Å². The Bertz CT molecular complexity index is 391. The van der Waals surface area contributed by atoms with Crippen molar-refractivity contribution in [2.24, 2.45) is 5.92 Å². The van der Waals surface area contributed by atoms with Gasteiger partial charge in [0.2, 0.25) is 0 Å². The van der Waals surface area contributed by atoms with Crippen LogP contribution in [0.2, 0.25) is 0 Å². The Morgan fingerprint density at radius 1 is 1.50 bits per heavy atom. The van der Waals surface area contributed by atoms with Crippen LogP contribution in [0.4, 0.5) is 0 Å². The first-order valence-corrected chi connectivity index (χ1v) is 5.77. The van der Waals surface area contributed by atoms with Crippen molar-refractivity contribution in [3.05, 3.63) is 35.4 Å². The Hall–Kier alpha value is -1.09. The summed E-state index contributed by atoms with van der Waals surface area (Å²) in [5.74, 6) is 0.305. The van der Waals surface area contributed by atoms with Gasteiger partial charge in [0.05, 0.1) is 0 Å². The van der Waals surface area contributed by atoms with Crippen molar-refractivity contribution in [1.82, 2.24) is 4.81 Å². The third-order valence-corrected chi connectivity index (χ3v) is 3.13. The van der Waals surface area contributed by atoms with Crippen LogP contribution in [0.25, 0.3) is 0 Å². The molecular weight excluding hydrogens is 197 g/mol. The summed E-state index contributed by atoms with van der Waals surface area (Å²) in [7, 11) is 5.75. The molecule has 2 radical (unpaired) electrons. The second-order valence-electron chi connectivity index (χ2n) is 4.57. The summed E-state index contributed by atoms with van der Waals surface area (Å²) in [5, 5.41) is 0. The lowest BCUT2D eigenvalue weighted by molar-refractivity contribution is 0.0872. The van der Waals surface area contributed by atoms with Crippen molar-refractivity contribution < 1.29 is 4.79 Å². The van der Waals surface area contributed by atoms with Gasteiger partial charge in [-0.25, -0.2) is 0 Å². The third kappa shape index (κ3) is 2.53. The van der Waals surface area contributed by atoms with E-state index in [1.54, 1.807) is 4.81 Å². The first-order chi connectivity index (χ1) is 7.66. The molecule has 1 atom stereocenters. The van der Waals surface area contributed by atoms with Gasteiger partial charge in [0.1, 0.15) is 0 Å². The van der Waals surface area contributed by atoms with Crippen molar-refractivity contribution in [2.45, 2.75) is 19.8 Å². The molecule has 0 aliphatic carbocycles. The van der Waals surface area contributed by atoms with Crippen LogP contribution in [0.3, 0.4) is 0 Å². The maximum Gasteiger partial charge on any atom is 0.182 e. The molecule has 1 aliphatic heterocycles. The Morgan fingerprint density at radius 3 is 3.00 bits per heavy atom. The molecule has 2 rings (SSSR count). The van der Waals surface area contributed by atoms with Crippen molar-refractivity contribution >= 4 is 13.8 Å². The SMILES string of the molecule is [B]N1CCC[C@@H](C(=O)c2cccc(C)c2)C1. The topological polar surface area (TPSA) is 20.3 Å². The molecule has 0 N–H and O–H groups in total. The van der Waals surface area contributed by atoms with E-state index in [0.29, 0.717) is 6.54 Å². The molecule has 1 aromatic rings. The van der Waals surface area contributed by atoms with Crippen LogP contribution in [-0.2, 0) is 0 Å². The molecule has 16 heavy (non-hydrogen) atoms. The number of carbonyl (C=O) groups is 1. The average molecular weight is 213 g/mol. The van der Waals surface area contributed by atoms with Crippen LogP contribution in [0.5, 0.6) is 0 Å². The van der Waals surface area contributed by atoms with E-state index in [9.17, 15) is 4.79 Å². The lowest BCUT2D eigenvalue weighted by Gasteiger charge is -2.29. The zero-order chi connectivity index (χ0) is 11.5. The number of ketones is 1. The summed E-state index contributed by atoms with van der Waals surface area (Å²) in [6.07, 6.45) is 1.97. The Balaban J connectivity index is 2.12. The molecule has 1 heterocycles. The Kier molecular flexibility index (Phi) is 3.44. The van der Waals surface area contributed by atoms with Crippen LogP contribution < -0.4 is 0 Å². The number of nitrogens with zero attached hydrogens (tertiary/aromatic N) is 1.